The number of nitrogens with one attached hydrogen (secondary N) is 2. The Balaban J connectivity index is 1.83. The van der Waals surface area contributed by atoms with E-state index in [9.17, 15) is 4.79 Å². The molecule has 2 aliphatic rings. The molecule has 1 aliphatic carbocycles. The fourth-order valence-electron chi connectivity index (χ4n) is 3.27. The molecule has 0 unspecified atom stereocenters. The fraction of sp³-hybridized carbons (Fsp3) is 0.389. The Labute approximate surface area is 136 Å². The number of methoxy groups -OCH3 is 1. The number of anilines is 1. The van der Waals surface area contributed by atoms with Crippen LogP contribution in [0.5, 0.6) is 5.75 Å². The van der Waals surface area contributed by atoms with Crippen LogP contribution < -0.4 is 21.1 Å². The van der Waals surface area contributed by atoms with Crippen LogP contribution in [0.1, 0.15) is 36.8 Å². The molecule has 0 aromatic heterocycles. The van der Waals surface area contributed by atoms with E-state index in [1.54, 1.807) is 7.11 Å². The summed E-state index contributed by atoms with van der Waals surface area (Å²) in [4.78, 5) is 12.5. The molecule has 1 amide bonds. The summed E-state index contributed by atoms with van der Waals surface area (Å²) in [7, 11) is 1.60. The SMILES string of the molecule is C=C1NC=Cc2cc(NC(=O)[C@@H]3CCC[C@H](N)C3)c(OC)cc21. The number of ether oxygens (including phenoxy) is 1. The third-order valence-electron chi connectivity index (χ3n) is 4.56. The maximum atomic E-state index is 12.5. The van der Waals surface area contributed by atoms with E-state index in [1.807, 2.05) is 24.4 Å². The van der Waals surface area contributed by atoms with E-state index in [0.717, 1.165) is 42.5 Å². The van der Waals surface area contributed by atoms with Crippen molar-refractivity contribution < 1.29 is 9.53 Å². The average Bonchev–Trinajstić information content (AvgIpc) is 2.54. The van der Waals surface area contributed by atoms with Crippen LogP contribution in [-0.4, -0.2) is 19.1 Å². The summed E-state index contributed by atoms with van der Waals surface area (Å²) in [6.07, 6.45) is 7.45. The standard InChI is InChI=1S/C18H23N3O2/c1-11-15-10-17(23-2)16(9-12(15)6-7-20-11)21-18(22)13-4-3-5-14(19)8-13/h6-7,9-10,13-14,20H,1,3-5,8,19H2,2H3,(H,21,22)/t13-,14+/m1/s1. The minimum atomic E-state index is -0.0216. The van der Waals surface area contributed by atoms with Gasteiger partial charge in [0.2, 0.25) is 5.91 Å². The maximum Gasteiger partial charge on any atom is 0.227 e. The van der Waals surface area contributed by atoms with E-state index in [-0.39, 0.29) is 17.9 Å². The molecule has 2 atom stereocenters. The van der Waals surface area contributed by atoms with E-state index in [1.165, 1.54) is 0 Å². The van der Waals surface area contributed by atoms with E-state index >= 15 is 0 Å². The number of amides is 1. The van der Waals surface area contributed by atoms with Gasteiger partial charge in [-0.05, 0) is 43.0 Å². The highest BCUT2D eigenvalue weighted by atomic mass is 16.5. The number of benzene rings is 1. The Hall–Kier alpha value is -2.27. The second kappa shape index (κ2) is 6.46. The van der Waals surface area contributed by atoms with Crippen molar-refractivity contribution in [1.29, 1.82) is 0 Å². The molecule has 1 saturated carbocycles. The van der Waals surface area contributed by atoms with Crippen LogP contribution in [0, 0.1) is 5.92 Å². The molecule has 0 radical (unpaired) electrons. The number of carbonyl (C=O) groups is 1. The Morgan fingerprint density at radius 1 is 1.43 bits per heavy atom. The van der Waals surface area contributed by atoms with Crippen LogP contribution >= 0.6 is 0 Å². The first-order valence-corrected chi connectivity index (χ1v) is 7.99. The lowest BCUT2D eigenvalue weighted by atomic mass is 9.85. The van der Waals surface area contributed by atoms with Crippen LogP contribution in [0.4, 0.5) is 5.69 Å². The van der Waals surface area contributed by atoms with Crippen molar-refractivity contribution in [2.24, 2.45) is 11.7 Å². The van der Waals surface area contributed by atoms with Gasteiger partial charge in [0.1, 0.15) is 5.75 Å². The molecule has 1 heterocycles. The first-order chi connectivity index (χ1) is 11.1. The smallest absolute Gasteiger partial charge is 0.227 e. The number of hydrogen-bond acceptors (Lipinski definition) is 4. The van der Waals surface area contributed by atoms with Crippen molar-refractivity contribution in [1.82, 2.24) is 5.32 Å². The zero-order valence-corrected chi connectivity index (χ0v) is 13.4. The van der Waals surface area contributed by atoms with Gasteiger partial charge in [0, 0.05) is 29.4 Å². The van der Waals surface area contributed by atoms with Crippen LogP contribution in [0.2, 0.25) is 0 Å². The molecule has 0 saturated heterocycles. The van der Waals surface area contributed by atoms with E-state index < -0.39 is 0 Å². The predicted molar refractivity (Wildman–Crippen MR) is 92.8 cm³/mol. The summed E-state index contributed by atoms with van der Waals surface area (Å²) < 4.78 is 5.44. The zero-order valence-electron chi connectivity index (χ0n) is 13.4. The number of hydrogen-bond donors (Lipinski definition) is 3. The molecular weight excluding hydrogens is 290 g/mol. The zero-order chi connectivity index (χ0) is 16.4. The molecule has 1 aliphatic heterocycles. The number of nitrogens with two attached hydrogens (primary N) is 1. The normalized spacial score (nSPS) is 23.0. The first-order valence-electron chi connectivity index (χ1n) is 7.99. The highest BCUT2D eigenvalue weighted by molar-refractivity contribution is 5.95. The summed E-state index contributed by atoms with van der Waals surface area (Å²) in [5.41, 5.74) is 9.47. The lowest BCUT2D eigenvalue weighted by Crippen LogP contribution is -2.34. The molecule has 3 rings (SSSR count). The van der Waals surface area contributed by atoms with Crippen LogP contribution in [-0.2, 0) is 4.79 Å². The van der Waals surface area contributed by atoms with Crippen molar-refractivity contribution >= 4 is 23.4 Å². The molecule has 1 fully saturated rings. The van der Waals surface area contributed by atoms with E-state index in [4.69, 9.17) is 10.5 Å². The highest BCUT2D eigenvalue weighted by Gasteiger charge is 2.26. The molecule has 4 N–H and O–H groups in total. The van der Waals surface area contributed by atoms with E-state index in [0.29, 0.717) is 11.4 Å². The Morgan fingerprint density at radius 3 is 3.00 bits per heavy atom. The molecule has 0 spiro atoms. The lowest BCUT2D eigenvalue weighted by molar-refractivity contribution is -0.120. The van der Waals surface area contributed by atoms with Gasteiger partial charge in [0.25, 0.3) is 0 Å². The number of rotatable bonds is 3. The van der Waals surface area contributed by atoms with Gasteiger partial charge in [-0.2, -0.15) is 0 Å². The molecule has 5 nitrogen and oxygen atoms in total. The maximum absolute atomic E-state index is 12.5. The molecular formula is C18H23N3O2. The minimum Gasteiger partial charge on any atom is -0.495 e. The fourth-order valence-corrected chi connectivity index (χ4v) is 3.27. The van der Waals surface area contributed by atoms with Crippen LogP contribution in [0.15, 0.2) is 24.9 Å². The van der Waals surface area contributed by atoms with Crippen molar-refractivity contribution in [2.75, 3.05) is 12.4 Å². The monoisotopic (exact) mass is 313 g/mol. The van der Waals surface area contributed by atoms with Crippen molar-refractivity contribution in [3.63, 3.8) is 0 Å². The van der Waals surface area contributed by atoms with Crippen LogP contribution in [0.3, 0.4) is 0 Å². The Morgan fingerprint density at radius 2 is 2.26 bits per heavy atom. The summed E-state index contributed by atoms with van der Waals surface area (Å²) in [5, 5.41) is 6.09. The largest absolute Gasteiger partial charge is 0.495 e. The highest BCUT2D eigenvalue weighted by Crippen LogP contribution is 2.34. The summed E-state index contributed by atoms with van der Waals surface area (Å²) in [6.45, 7) is 3.98. The second-order valence-electron chi connectivity index (χ2n) is 6.21. The van der Waals surface area contributed by atoms with Gasteiger partial charge in [0.05, 0.1) is 12.8 Å². The van der Waals surface area contributed by atoms with Crippen molar-refractivity contribution in [3.05, 3.63) is 36.0 Å². The molecule has 1 aromatic carbocycles. The van der Waals surface area contributed by atoms with Gasteiger partial charge >= 0.3 is 0 Å². The number of fused-ring (bicyclic) bond motifs is 1. The molecule has 23 heavy (non-hydrogen) atoms. The molecule has 0 bridgehead atoms. The second-order valence-corrected chi connectivity index (χ2v) is 6.21. The van der Waals surface area contributed by atoms with Gasteiger partial charge in [-0.3, -0.25) is 4.79 Å². The molecule has 1 aromatic rings. The lowest BCUT2D eigenvalue weighted by Gasteiger charge is -2.26. The van der Waals surface area contributed by atoms with Crippen LogP contribution in [0.25, 0.3) is 11.8 Å². The van der Waals surface area contributed by atoms with Gasteiger partial charge in [-0.15, -0.1) is 0 Å². The topological polar surface area (TPSA) is 76.4 Å². The van der Waals surface area contributed by atoms with E-state index in [2.05, 4.69) is 17.2 Å². The van der Waals surface area contributed by atoms with Gasteiger partial charge in [-0.25, -0.2) is 0 Å². The summed E-state index contributed by atoms with van der Waals surface area (Å²) >= 11 is 0. The summed E-state index contributed by atoms with van der Waals surface area (Å²) in [5.74, 6) is 0.636. The molecule has 5 heteroatoms. The van der Waals surface area contributed by atoms with Gasteiger partial charge in [0.15, 0.2) is 0 Å². The van der Waals surface area contributed by atoms with Crippen molar-refractivity contribution in [3.8, 4) is 5.75 Å². The third kappa shape index (κ3) is 3.24. The van der Waals surface area contributed by atoms with Gasteiger partial charge in [-0.1, -0.05) is 13.0 Å². The van der Waals surface area contributed by atoms with Gasteiger partial charge < -0.3 is 21.1 Å². The predicted octanol–water partition coefficient (Wildman–Crippen LogP) is 2.70. The quantitative estimate of drug-likeness (QED) is 0.802. The van der Waals surface area contributed by atoms with Crippen molar-refractivity contribution in [2.45, 2.75) is 31.7 Å². The average molecular weight is 313 g/mol. The first kappa shape index (κ1) is 15.6. The Bertz CT molecular complexity index is 666. The summed E-state index contributed by atoms with van der Waals surface area (Å²) in [6, 6.07) is 3.95. The third-order valence-corrected chi connectivity index (χ3v) is 4.56. The minimum absolute atomic E-state index is 0.0216. The number of carbonyl (C=O) groups excluding carboxylic acids is 1. The Kier molecular flexibility index (Phi) is 4.39. The molecule has 122 valence electrons.